The third kappa shape index (κ3) is 7.48. The number of alkyl halides is 3. The number of carbonyl (C=O) groups excluding carboxylic acids is 2. The normalized spacial score (nSPS) is 11.0. The summed E-state index contributed by atoms with van der Waals surface area (Å²) in [6, 6.07) is 11.6. The molecule has 2 aromatic carbocycles. The van der Waals surface area contributed by atoms with E-state index in [0.717, 1.165) is 35.6 Å². The lowest BCUT2D eigenvalue weighted by Crippen LogP contribution is -2.34. The minimum absolute atomic E-state index is 0.123. The van der Waals surface area contributed by atoms with Gasteiger partial charge < -0.3 is 15.4 Å². The summed E-state index contributed by atoms with van der Waals surface area (Å²) >= 11 is 0. The summed E-state index contributed by atoms with van der Waals surface area (Å²) in [5.41, 5.74) is 0.339. The standard InChI is InChI=1S/C21H23F3N2O3/c1-15-5-2-3-6-18(15)29-14-4-7-19(27)25-12-13-26-20(28)16-8-10-17(11-9-16)21(22,23)24/h2-3,5-6,8-11H,4,7,12-14H2,1H3,(H,25,27)(H,26,28). The monoisotopic (exact) mass is 408 g/mol. The average Bonchev–Trinajstić information content (AvgIpc) is 2.69. The molecule has 0 aliphatic rings. The summed E-state index contributed by atoms with van der Waals surface area (Å²) in [4.78, 5) is 23.7. The molecule has 0 aliphatic carbocycles. The first-order valence-corrected chi connectivity index (χ1v) is 9.18. The zero-order valence-electron chi connectivity index (χ0n) is 16.0. The third-order valence-corrected chi connectivity index (χ3v) is 4.11. The van der Waals surface area contributed by atoms with Crippen molar-refractivity contribution in [2.45, 2.75) is 25.9 Å². The third-order valence-electron chi connectivity index (χ3n) is 4.11. The van der Waals surface area contributed by atoms with Gasteiger partial charge in [-0.2, -0.15) is 13.2 Å². The predicted molar refractivity (Wildman–Crippen MR) is 103 cm³/mol. The number of amides is 2. The minimum Gasteiger partial charge on any atom is -0.493 e. The molecule has 0 heterocycles. The molecule has 0 aromatic heterocycles. The van der Waals surface area contributed by atoms with Gasteiger partial charge in [0.2, 0.25) is 5.91 Å². The highest BCUT2D eigenvalue weighted by Crippen LogP contribution is 2.29. The van der Waals surface area contributed by atoms with Gasteiger partial charge in [0, 0.05) is 25.1 Å². The lowest BCUT2D eigenvalue weighted by molar-refractivity contribution is -0.137. The summed E-state index contributed by atoms with van der Waals surface area (Å²) in [5.74, 6) is 0.126. The van der Waals surface area contributed by atoms with E-state index in [4.69, 9.17) is 4.74 Å². The van der Waals surface area contributed by atoms with Crippen molar-refractivity contribution >= 4 is 11.8 Å². The predicted octanol–water partition coefficient (Wildman–Crippen LogP) is 3.72. The average molecular weight is 408 g/mol. The van der Waals surface area contributed by atoms with Gasteiger partial charge in [0.1, 0.15) is 5.75 Å². The van der Waals surface area contributed by atoms with E-state index >= 15 is 0 Å². The second-order valence-electron chi connectivity index (χ2n) is 6.40. The minimum atomic E-state index is -4.44. The lowest BCUT2D eigenvalue weighted by Gasteiger charge is -2.10. The summed E-state index contributed by atoms with van der Waals surface area (Å²) < 4.78 is 43.1. The molecule has 2 amide bonds. The Bertz CT molecular complexity index is 821. The lowest BCUT2D eigenvalue weighted by atomic mass is 10.1. The van der Waals surface area contributed by atoms with Crippen molar-refractivity contribution in [1.82, 2.24) is 10.6 Å². The van der Waals surface area contributed by atoms with E-state index in [0.29, 0.717) is 19.4 Å². The van der Waals surface area contributed by atoms with E-state index < -0.39 is 17.6 Å². The quantitative estimate of drug-likeness (QED) is 0.622. The number of carbonyl (C=O) groups is 2. The van der Waals surface area contributed by atoms with E-state index in [2.05, 4.69) is 10.6 Å². The summed E-state index contributed by atoms with van der Waals surface area (Å²) in [6.07, 6.45) is -3.60. The first kappa shape index (κ1) is 22.3. The fourth-order valence-electron chi connectivity index (χ4n) is 2.51. The van der Waals surface area contributed by atoms with Gasteiger partial charge in [0.25, 0.3) is 5.91 Å². The molecular formula is C21H23F3N2O3. The molecule has 2 rings (SSSR count). The summed E-state index contributed by atoms with van der Waals surface area (Å²) in [5, 5.41) is 5.22. The van der Waals surface area contributed by atoms with Gasteiger partial charge in [-0.25, -0.2) is 0 Å². The number of para-hydroxylation sites is 1. The van der Waals surface area contributed by atoms with Crippen LogP contribution in [0.2, 0.25) is 0 Å². The molecule has 0 saturated heterocycles. The van der Waals surface area contributed by atoms with Gasteiger partial charge in [0.05, 0.1) is 12.2 Å². The molecule has 8 heteroatoms. The molecule has 2 N–H and O–H groups in total. The Morgan fingerprint density at radius 3 is 2.28 bits per heavy atom. The van der Waals surface area contributed by atoms with Gasteiger partial charge >= 0.3 is 6.18 Å². The van der Waals surface area contributed by atoms with Crippen molar-refractivity contribution in [2.24, 2.45) is 0 Å². The summed E-state index contributed by atoms with van der Waals surface area (Å²) in [6.45, 7) is 2.76. The van der Waals surface area contributed by atoms with Crippen LogP contribution < -0.4 is 15.4 Å². The number of aryl methyl sites for hydroxylation is 1. The molecule has 5 nitrogen and oxygen atoms in total. The van der Waals surface area contributed by atoms with E-state index in [9.17, 15) is 22.8 Å². The second kappa shape index (κ2) is 10.5. The van der Waals surface area contributed by atoms with Crippen molar-refractivity contribution in [1.29, 1.82) is 0 Å². The molecule has 0 bridgehead atoms. The molecule has 2 aromatic rings. The Morgan fingerprint density at radius 1 is 0.966 bits per heavy atom. The molecule has 0 unspecified atom stereocenters. The number of nitrogens with one attached hydrogen (secondary N) is 2. The van der Waals surface area contributed by atoms with Crippen molar-refractivity contribution in [2.75, 3.05) is 19.7 Å². The van der Waals surface area contributed by atoms with E-state index in [1.807, 2.05) is 31.2 Å². The molecule has 0 fully saturated rings. The number of halogens is 3. The van der Waals surface area contributed by atoms with Crippen LogP contribution in [0.1, 0.15) is 34.3 Å². The number of hydrogen-bond acceptors (Lipinski definition) is 3. The van der Waals surface area contributed by atoms with Crippen LogP contribution in [0.15, 0.2) is 48.5 Å². The van der Waals surface area contributed by atoms with Crippen molar-refractivity contribution < 1.29 is 27.5 Å². The van der Waals surface area contributed by atoms with Crippen molar-refractivity contribution in [3.63, 3.8) is 0 Å². The van der Waals surface area contributed by atoms with Crippen molar-refractivity contribution in [3.05, 3.63) is 65.2 Å². The Kier molecular flexibility index (Phi) is 8.06. The van der Waals surface area contributed by atoms with Crippen LogP contribution >= 0.6 is 0 Å². The molecule has 29 heavy (non-hydrogen) atoms. The molecule has 0 spiro atoms. The molecule has 156 valence electrons. The fourth-order valence-corrected chi connectivity index (χ4v) is 2.51. The maximum Gasteiger partial charge on any atom is 0.416 e. The zero-order chi connectivity index (χ0) is 21.3. The van der Waals surface area contributed by atoms with E-state index in [-0.39, 0.29) is 24.6 Å². The number of benzene rings is 2. The highest BCUT2D eigenvalue weighted by molar-refractivity contribution is 5.94. The maximum atomic E-state index is 12.5. The second-order valence-corrected chi connectivity index (χ2v) is 6.40. The van der Waals surface area contributed by atoms with E-state index in [1.54, 1.807) is 0 Å². The summed E-state index contributed by atoms with van der Waals surface area (Å²) in [7, 11) is 0. The fraction of sp³-hybridized carbons (Fsp3) is 0.333. The van der Waals surface area contributed by atoms with E-state index in [1.165, 1.54) is 0 Å². The Morgan fingerprint density at radius 2 is 1.62 bits per heavy atom. The van der Waals surface area contributed by atoms with Crippen molar-refractivity contribution in [3.8, 4) is 5.75 Å². The first-order chi connectivity index (χ1) is 13.8. The van der Waals surface area contributed by atoms with Gasteiger partial charge in [-0.3, -0.25) is 9.59 Å². The van der Waals surface area contributed by atoms with Gasteiger partial charge in [-0.1, -0.05) is 18.2 Å². The number of rotatable bonds is 9. The topological polar surface area (TPSA) is 67.4 Å². The smallest absolute Gasteiger partial charge is 0.416 e. The number of hydrogen-bond donors (Lipinski definition) is 2. The van der Waals surface area contributed by atoms with Crippen LogP contribution in [0.5, 0.6) is 5.75 Å². The zero-order valence-corrected chi connectivity index (χ0v) is 16.0. The molecular weight excluding hydrogens is 385 g/mol. The van der Waals surface area contributed by atoms with Crippen LogP contribution in [0.3, 0.4) is 0 Å². The molecule has 0 aliphatic heterocycles. The largest absolute Gasteiger partial charge is 0.493 e. The molecule has 0 radical (unpaired) electrons. The van der Waals surface area contributed by atoms with Crippen LogP contribution in [-0.4, -0.2) is 31.5 Å². The van der Waals surface area contributed by atoms with Gasteiger partial charge in [0.15, 0.2) is 0 Å². The molecule has 0 saturated carbocycles. The Hall–Kier alpha value is -3.03. The first-order valence-electron chi connectivity index (χ1n) is 9.18. The van der Waals surface area contributed by atoms with Crippen LogP contribution in [-0.2, 0) is 11.0 Å². The van der Waals surface area contributed by atoms with Crippen LogP contribution in [0.25, 0.3) is 0 Å². The maximum absolute atomic E-state index is 12.5. The number of ether oxygens (including phenoxy) is 1. The molecule has 0 atom stereocenters. The Labute approximate surface area is 167 Å². The van der Waals surface area contributed by atoms with Crippen LogP contribution in [0, 0.1) is 6.92 Å². The van der Waals surface area contributed by atoms with Gasteiger partial charge in [-0.05, 0) is 49.2 Å². The Balaban J connectivity index is 1.60. The highest BCUT2D eigenvalue weighted by Gasteiger charge is 2.30. The highest BCUT2D eigenvalue weighted by atomic mass is 19.4. The SMILES string of the molecule is Cc1ccccc1OCCCC(=O)NCCNC(=O)c1ccc(C(F)(F)F)cc1. The van der Waals surface area contributed by atoms with Crippen LogP contribution in [0.4, 0.5) is 13.2 Å². The van der Waals surface area contributed by atoms with Gasteiger partial charge in [-0.15, -0.1) is 0 Å².